The van der Waals surface area contributed by atoms with Gasteiger partial charge in [0.2, 0.25) is 0 Å². The Balaban J connectivity index is 0.000001000. The molecule has 0 saturated carbocycles. The number of aliphatic imine (C=N–C) groups is 1. The van der Waals surface area contributed by atoms with Gasteiger partial charge in [-0.25, -0.2) is 0 Å². The zero-order valence-corrected chi connectivity index (χ0v) is 8.77. The Bertz CT molecular complexity index is 183. The molecule has 1 aliphatic rings. The Hall–Kier alpha value is -0.0300. The van der Waals surface area contributed by atoms with Crippen LogP contribution in [-0.4, -0.2) is 16.3 Å². The molecule has 64 valence electrons. The van der Waals surface area contributed by atoms with Gasteiger partial charge in [0.15, 0.2) is 5.17 Å². The number of amides is 1. The lowest BCUT2D eigenvalue weighted by Crippen LogP contribution is -2.09. The summed E-state index contributed by atoms with van der Waals surface area (Å²) >= 11 is 1.38. The fourth-order valence-electron chi connectivity index (χ4n) is 0.848. The van der Waals surface area contributed by atoms with E-state index in [0.717, 1.165) is 12.8 Å². The molecule has 11 heavy (non-hydrogen) atoms. The van der Waals surface area contributed by atoms with E-state index in [1.54, 1.807) is 0 Å². The molecule has 1 amide bonds. The van der Waals surface area contributed by atoms with Gasteiger partial charge in [0.1, 0.15) is 0 Å². The highest BCUT2D eigenvalue weighted by Gasteiger charge is 2.25. The van der Waals surface area contributed by atoms with Gasteiger partial charge in [-0.15, -0.1) is 17.0 Å². The molecule has 0 aromatic carbocycles. The molecule has 2 N–H and O–H groups in total. The molecule has 0 aromatic heterocycles. The smallest absolute Gasteiger partial charge is 0.261 e. The summed E-state index contributed by atoms with van der Waals surface area (Å²) in [5.41, 5.74) is 5.34. The van der Waals surface area contributed by atoms with Crippen LogP contribution in [0, 0.1) is 0 Å². The maximum absolute atomic E-state index is 10.9. The first-order valence-corrected chi connectivity index (χ1v) is 4.16. The van der Waals surface area contributed by atoms with Gasteiger partial charge in [-0.1, -0.05) is 25.1 Å². The van der Waals surface area contributed by atoms with Crippen molar-refractivity contribution in [1.29, 1.82) is 0 Å². The van der Waals surface area contributed by atoms with Crippen LogP contribution >= 0.6 is 28.7 Å². The molecule has 0 bridgehead atoms. The van der Waals surface area contributed by atoms with Crippen molar-refractivity contribution in [3.8, 4) is 0 Å². The maximum atomic E-state index is 10.9. The number of nitrogens with zero attached hydrogens (tertiary/aromatic N) is 1. The summed E-state index contributed by atoms with van der Waals surface area (Å²) in [5, 5.41) is 0.424. The predicted octanol–water partition coefficient (Wildman–Crippen LogP) is 1.32. The Morgan fingerprint density at radius 3 is 2.73 bits per heavy atom. The molecule has 1 unspecified atom stereocenters. The largest absolute Gasteiger partial charge is 0.378 e. The lowest BCUT2D eigenvalue weighted by molar-refractivity contribution is -0.117. The van der Waals surface area contributed by atoms with E-state index in [9.17, 15) is 4.79 Å². The minimum Gasteiger partial charge on any atom is -0.378 e. The second-order valence-electron chi connectivity index (χ2n) is 2.18. The highest BCUT2D eigenvalue weighted by molar-refractivity contribution is 8.93. The minimum absolute atomic E-state index is 0. The molecule has 0 radical (unpaired) electrons. The first-order valence-electron chi connectivity index (χ1n) is 3.28. The highest BCUT2D eigenvalue weighted by Crippen LogP contribution is 2.23. The summed E-state index contributed by atoms with van der Waals surface area (Å²) in [5.74, 6) is -0.0654. The van der Waals surface area contributed by atoms with Crippen molar-refractivity contribution in [3.05, 3.63) is 0 Å². The van der Waals surface area contributed by atoms with Crippen LogP contribution in [0.4, 0.5) is 0 Å². The molecule has 0 spiro atoms. The van der Waals surface area contributed by atoms with Gasteiger partial charge in [-0.3, -0.25) is 4.79 Å². The van der Waals surface area contributed by atoms with Crippen LogP contribution in [0.15, 0.2) is 4.99 Å². The van der Waals surface area contributed by atoms with E-state index >= 15 is 0 Å². The van der Waals surface area contributed by atoms with Gasteiger partial charge in [-0.05, 0) is 6.42 Å². The van der Waals surface area contributed by atoms with E-state index in [4.69, 9.17) is 5.73 Å². The Morgan fingerprint density at radius 1 is 1.73 bits per heavy atom. The van der Waals surface area contributed by atoms with Crippen molar-refractivity contribution in [2.75, 3.05) is 0 Å². The van der Waals surface area contributed by atoms with Gasteiger partial charge in [-0.2, -0.15) is 4.99 Å². The molecule has 5 heteroatoms. The summed E-state index contributed by atoms with van der Waals surface area (Å²) in [6, 6.07) is 0. The minimum atomic E-state index is -0.0654. The van der Waals surface area contributed by atoms with Gasteiger partial charge in [0, 0.05) is 0 Å². The zero-order valence-electron chi connectivity index (χ0n) is 6.24. The molecule has 0 aromatic rings. The molecular formula is C6H11BrN2OS. The van der Waals surface area contributed by atoms with Crippen LogP contribution in [-0.2, 0) is 4.79 Å². The summed E-state index contributed by atoms with van der Waals surface area (Å²) in [7, 11) is 0. The lowest BCUT2D eigenvalue weighted by Gasteiger charge is -2.00. The van der Waals surface area contributed by atoms with Crippen molar-refractivity contribution in [2.45, 2.75) is 25.0 Å². The molecule has 1 rings (SSSR count). The molecule has 1 atom stereocenters. The number of nitrogens with two attached hydrogens (primary N) is 1. The average Bonchev–Trinajstić information content (AvgIpc) is 2.13. The predicted molar refractivity (Wildman–Crippen MR) is 53.2 cm³/mol. The second kappa shape index (κ2) is 4.77. The normalized spacial score (nSPS) is 22.8. The zero-order chi connectivity index (χ0) is 7.56. The number of carbonyl (C=O) groups excluding carboxylic acids is 1. The molecule has 3 nitrogen and oxygen atoms in total. The maximum Gasteiger partial charge on any atom is 0.261 e. The first-order chi connectivity index (χ1) is 4.74. The Kier molecular flexibility index (Phi) is 4.76. The third-order valence-corrected chi connectivity index (χ3v) is 2.36. The Morgan fingerprint density at radius 2 is 2.36 bits per heavy atom. The van der Waals surface area contributed by atoms with Crippen molar-refractivity contribution in [2.24, 2.45) is 10.7 Å². The quantitative estimate of drug-likeness (QED) is 0.790. The van der Waals surface area contributed by atoms with E-state index in [-0.39, 0.29) is 28.1 Å². The third-order valence-electron chi connectivity index (χ3n) is 1.31. The van der Waals surface area contributed by atoms with Gasteiger partial charge in [0.05, 0.1) is 5.25 Å². The number of amidine groups is 1. The first kappa shape index (κ1) is 11.0. The molecule has 0 saturated heterocycles. The second-order valence-corrected chi connectivity index (χ2v) is 3.41. The van der Waals surface area contributed by atoms with Gasteiger partial charge >= 0.3 is 0 Å². The van der Waals surface area contributed by atoms with Crippen molar-refractivity contribution < 1.29 is 4.79 Å². The topological polar surface area (TPSA) is 55.4 Å². The average molecular weight is 239 g/mol. The molecular weight excluding hydrogens is 228 g/mol. The van der Waals surface area contributed by atoms with E-state index in [1.165, 1.54) is 11.8 Å². The van der Waals surface area contributed by atoms with Gasteiger partial charge in [0.25, 0.3) is 5.91 Å². The molecule has 0 fully saturated rings. The van der Waals surface area contributed by atoms with Crippen LogP contribution in [0.5, 0.6) is 0 Å². The SMILES string of the molecule is Br.CCCC1SC(N)=NC1=O. The van der Waals surface area contributed by atoms with Gasteiger partial charge < -0.3 is 5.73 Å². The Labute approximate surface area is 80.6 Å². The summed E-state index contributed by atoms with van der Waals surface area (Å²) in [6.07, 6.45) is 1.89. The number of carbonyl (C=O) groups is 1. The molecule has 0 aliphatic carbocycles. The fourth-order valence-corrected chi connectivity index (χ4v) is 1.79. The van der Waals surface area contributed by atoms with Crippen molar-refractivity contribution in [3.63, 3.8) is 0 Å². The van der Waals surface area contributed by atoms with Crippen LogP contribution in [0.25, 0.3) is 0 Å². The van der Waals surface area contributed by atoms with Crippen molar-refractivity contribution >= 4 is 39.8 Å². The monoisotopic (exact) mass is 238 g/mol. The fraction of sp³-hybridized carbons (Fsp3) is 0.667. The highest BCUT2D eigenvalue weighted by atomic mass is 79.9. The summed E-state index contributed by atoms with van der Waals surface area (Å²) < 4.78 is 0. The third kappa shape index (κ3) is 2.83. The van der Waals surface area contributed by atoms with Crippen LogP contribution in [0.1, 0.15) is 19.8 Å². The van der Waals surface area contributed by atoms with E-state index in [2.05, 4.69) is 4.99 Å². The lowest BCUT2D eigenvalue weighted by atomic mass is 10.2. The summed E-state index contributed by atoms with van der Waals surface area (Å²) in [6.45, 7) is 2.04. The number of hydrogen-bond donors (Lipinski definition) is 1. The van der Waals surface area contributed by atoms with E-state index in [1.807, 2.05) is 6.92 Å². The number of thioether (sulfide) groups is 1. The van der Waals surface area contributed by atoms with E-state index in [0.29, 0.717) is 5.17 Å². The molecule has 1 aliphatic heterocycles. The number of rotatable bonds is 2. The van der Waals surface area contributed by atoms with Crippen LogP contribution in [0.3, 0.4) is 0 Å². The van der Waals surface area contributed by atoms with E-state index < -0.39 is 0 Å². The summed E-state index contributed by atoms with van der Waals surface area (Å²) in [4.78, 5) is 14.5. The number of hydrogen-bond acceptors (Lipinski definition) is 3. The van der Waals surface area contributed by atoms with Crippen molar-refractivity contribution in [1.82, 2.24) is 0 Å². The van der Waals surface area contributed by atoms with Crippen LogP contribution in [0.2, 0.25) is 0 Å². The number of halogens is 1. The standard InChI is InChI=1S/C6H10N2OS.BrH/c1-2-3-4-5(9)8-6(7)10-4;/h4H,2-3H2,1H3,(H2,7,8,9);1H. The van der Waals surface area contributed by atoms with Crippen LogP contribution < -0.4 is 5.73 Å². The molecule has 1 heterocycles.